The number of ether oxygens (including phenoxy) is 8. The number of fused-ring (bicyclic) bond motifs is 8. The smallest absolute Gasteiger partial charge is 0.163 e. The summed E-state index contributed by atoms with van der Waals surface area (Å²) >= 11 is 0. The Labute approximate surface area is 815 Å². The molecular formula is C116H120N12O12. The van der Waals surface area contributed by atoms with Gasteiger partial charge in [-0.2, -0.15) is 0 Å². The number of aromatic nitrogens is 4. The van der Waals surface area contributed by atoms with E-state index >= 15 is 0 Å². The summed E-state index contributed by atoms with van der Waals surface area (Å²) in [6.45, 7) is 5.96. The van der Waals surface area contributed by atoms with Crippen LogP contribution in [0.4, 0.5) is 45.5 Å². The summed E-state index contributed by atoms with van der Waals surface area (Å²) in [6.07, 6.45) is 22.7. The Morgan fingerprint density at radius 1 is 0.314 bits per heavy atom. The lowest BCUT2D eigenvalue weighted by Crippen LogP contribution is -2.35. The Bertz CT molecular complexity index is 7450. The van der Waals surface area contributed by atoms with Crippen molar-refractivity contribution in [3.8, 4) is 46.0 Å². The number of Topliss-reactive ketones (excluding diaryl/α,β-unsaturated/α-hetero) is 4. The van der Waals surface area contributed by atoms with Gasteiger partial charge in [0, 0.05) is 164 Å². The number of hydrogen-bond acceptors (Lipinski definition) is 24. The molecule has 12 aromatic carbocycles. The molecule has 22 rings (SSSR count). The Morgan fingerprint density at radius 3 is 0.800 bits per heavy atom. The maximum Gasteiger partial charge on any atom is 0.163 e. The molecule has 6 fully saturated rings. The minimum Gasteiger partial charge on any atom is -0.493 e. The number of nitrogens with one attached hydrogen (secondary N) is 4. The van der Waals surface area contributed by atoms with Crippen molar-refractivity contribution >= 4 is 155 Å². The van der Waals surface area contributed by atoms with E-state index in [1.807, 2.05) is 196 Å². The molecule has 0 aliphatic heterocycles. The first-order valence-corrected chi connectivity index (χ1v) is 48.5. The van der Waals surface area contributed by atoms with Gasteiger partial charge in [-0.3, -0.25) is 39.1 Å². The molecular weight excluding hydrogens is 1750 g/mol. The fourth-order valence-electron chi connectivity index (χ4n) is 18.2. The highest BCUT2D eigenvalue weighted by molar-refractivity contribution is 6.13. The van der Waals surface area contributed by atoms with Crippen molar-refractivity contribution in [1.82, 2.24) is 29.7 Å². The van der Waals surface area contributed by atoms with Crippen molar-refractivity contribution in [2.75, 3.05) is 104 Å². The monoisotopic (exact) mass is 1870 g/mol. The first kappa shape index (κ1) is 94.4. The highest BCUT2D eigenvalue weighted by Gasteiger charge is 2.47. The molecule has 716 valence electrons. The van der Waals surface area contributed by atoms with Crippen LogP contribution in [-0.4, -0.2) is 158 Å². The predicted molar refractivity (Wildman–Crippen MR) is 560 cm³/mol. The van der Waals surface area contributed by atoms with E-state index in [1.165, 1.54) is 25.7 Å². The van der Waals surface area contributed by atoms with Gasteiger partial charge in [0.05, 0.1) is 72.7 Å². The number of methoxy groups -OCH3 is 4. The van der Waals surface area contributed by atoms with Crippen LogP contribution in [0.25, 0.3) is 86.7 Å². The molecule has 24 heteroatoms. The normalized spacial score (nSPS) is 15.3. The number of rotatable bonds is 36. The molecule has 0 atom stereocenters. The summed E-state index contributed by atoms with van der Waals surface area (Å²) in [5, 5.41) is 25.9. The quantitative estimate of drug-likeness (QED) is 0.0199. The predicted octanol–water partition coefficient (Wildman–Crippen LogP) is 24.4. The summed E-state index contributed by atoms with van der Waals surface area (Å²) in [4.78, 5) is 72.9. The van der Waals surface area contributed by atoms with Gasteiger partial charge >= 0.3 is 0 Å². The molecule has 4 heterocycles. The Hall–Kier alpha value is -14.6. The number of ketones is 4. The van der Waals surface area contributed by atoms with E-state index in [1.54, 1.807) is 53.2 Å². The molecule has 0 saturated heterocycles. The second-order valence-electron chi connectivity index (χ2n) is 38.8. The minimum atomic E-state index is -0.214. The maximum atomic E-state index is 12.8. The summed E-state index contributed by atoms with van der Waals surface area (Å²) in [7, 11) is 15.0. The van der Waals surface area contributed by atoms with Crippen LogP contribution in [0.5, 0.6) is 46.0 Å². The molecule has 16 aromatic rings. The van der Waals surface area contributed by atoms with Gasteiger partial charge in [-0.25, -0.2) is 0 Å². The van der Waals surface area contributed by atoms with Gasteiger partial charge in [-0.15, -0.1) is 0 Å². The van der Waals surface area contributed by atoms with Crippen LogP contribution in [0.2, 0.25) is 0 Å². The van der Waals surface area contributed by atoms with Crippen LogP contribution in [0.15, 0.2) is 243 Å². The standard InChI is InChI=1S/C31H33N3O3.C29H29N3O3.C29H31N3O3.C27H27N3O3/c1-34(2)31(12-13-31)19-37-30-18-27-25(17-29(30)36-3)26(11-14-32-27)33-22-9-10-23-21(16-22)5-4-6-24(23)28(35)15-20-7-8-20;1-34-27-15-23-24(9-12-31-25(23)16-28(27)35-17-29(30)10-11-29)32-20-7-8-21-19(14-20)3-2-4-22(21)26(33)13-18-5-6-18;1-5-26(33)22-8-6-7-19-15-20(9-10-21(19)22)31-24-11-14-30-25-17-28(27(34-4)16-23(24)25)35-18-29(12-13-29)32(2)3;1-3-24(31)20-6-4-5-17-13-18(7-8-19(17)20)30-22-9-12-29-23-15-26(25(32-2)14-21(22)23)33-16-27(28)10-11-27/h4-6,9-11,14,16-18,20H,7-8,12-13,15,19H2,1-3H3,(H,32,33);2-4,7-9,12,14-16,18H,5-6,10-11,13,17,30H2,1H3,(H,31,32);6-11,14-17H,5,12-13,18H2,1-4H3,(H,30,31);4-9,12-15H,3,10-11,16,28H2,1-2H3,(H,29,30). The molecule has 6 aliphatic rings. The first-order valence-electron chi connectivity index (χ1n) is 48.5. The molecule has 0 spiro atoms. The third-order valence-electron chi connectivity index (χ3n) is 28.3. The van der Waals surface area contributed by atoms with Crippen molar-refractivity contribution in [3.05, 3.63) is 265 Å². The summed E-state index contributed by atoms with van der Waals surface area (Å²) in [6, 6.07) is 71.5. The van der Waals surface area contributed by atoms with Gasteiger partial charge < -0.3 is 80.4 Å². The lowest BCUT2D eigenvalue weighted by atomic mass is 9.98. The van der Waals surface area contributed by atoms with Crippen molar-refractivity contribution in [1.29, 1.82) is 0 Å². The second-order valence-corrected chi connectivity index (χ2v) is 38.8. The molecule has 6 saturated carbocycles. The van der Waals surface area contributed by atoms with Crippen molar-refractivity contribution in [2.24, 2.45) is 23.3 Å². The first-order chi connectivity index (χ1) is 67.9. The fraction of sp³-hybridized carbons (Fsp3) is 0.310. The SMILES string of the molecule is CCC(=O)c1cccc2cc(Nc3ccnc4cc(OCC5(N(C)C)CC5)c(OC)cc34)ccc12.CCC(=O)c1cccc2cc(Nc3ccnc4cc(OCC5(N)CC5)c(OC)cc34)ccc12.COc1cc2c(Nc3ccc4c(C(=O)CC5CC5)cccc4c3)ccnc2cc1OCC1(N(C)C)CC1.COc1cc2c(Nc3ccc4c(C(=O)CC5CC5)cccc4c3)ccnc2cc1OCC1(N)CC1. The Morgan fingerprint density at radius 2 is 0.571 bits per heavy atom. The zero-order chi connectivity index (χ0) is 97.1. The van der Waals surface area contributed by atoms with E-state index in [2.05, 4.69) is 116 Å². The van der Waals surface area contributed by atoms with Gasteiger partial charge in [0.2, 0.25) is 0 Å². The largest absolute Gasteiger partial charge is 0.493 e. The van der Waals surface area contributed by atoms with Gasteiger partial charge in [-0.1, -0.05) is 111 Å². The highest BCUT2D eigenvalue weighted by Crippen LogP contribution is 2.48. The lowest BCUT2D eigenvalue weighted by Gasteiger charge is -2.24. The third-order valence-corrected chi connectivity index (χ3v) is 28.3. The Kier molecular flexibility index (Phi) is 27.0. The van der Waals surface area contributed by atoms with E-state index in [0.717, 1.165) is 206 Å². The van der Waals surface area contributed by atoms with Gasteiger partial charge in [-0.05, 0) is 257 Å². The van der Waals surface area contributed by atoms with E-state index in [0.29, 0.717) is 110 Å². The number of nitrogens with two attached hydrogens (primary N) is 2. The average molecular weight is 1870 g/mol. The third kappa shape index (κ3) is 21.2. The van der Waals surface area contributed by atoms with Crippen molar-refractivity contribution in [3.63, 3.8) is 0 Å². The van der Waals surface area contributed by atoms with Gasteiger partial charge in [0.15, 0.2) is 69.1 Å². The number of pyridine rings is 4. The molecule has 6 aliphatic carbocycles. The average Bonchev–Trinajstić information content (AvgIpc) is 1.69. The summed E-state index contributed by atoms with van der Waals surface area (Å²) in [5.74, 6) is 7.32. The molecule has 0 radical (unpaired) electrons. The van der Waals surface area contributed by atoms with Gasteiger partial charge in [0.1, 0.15) is 26.4 Å². The van der Waals surface area contributed by atoms with Crippen LogP contribution >= 0.6 is 0 Å². The number of carbonyl (C=O) groups excluding carboxylic acids is 4. The van der Waals surface area contributed by atoms with E-state index in [9.17, 15) is 19.2 Å². The zero-order valence-corrected chi connectivity index (χ0v) is 81.1. The topological polar surface area (TPSA) is 300 Å². The van der Waals surface area contributed by atoms with Crippen LogP contribution in [-0.2, 0) is 0 Å². The molecule has 8 N–H and O–H groups in total. The molecule has 4 aromatic heterocycles. The molecule has 0 bridgehead atoms. The number of nitrogens with zero attached hydrogens (tertiary/aromatic N) is 6. The number of carbonyl (C=O) groups is 4. The lowest BCUT2D eigenvalue weighted by molar-refractivity contribution is 0.0969. The Balaban J connectivity index is 0.000000119. The fourth-order valence-corrected chi connectivity index (χ4v) is 18.2. The van der Waals surface area contributed by atoms with E-state index < -0.39 is 0 Å². The molecule has 0 unspecified atom stereocenters. The van der Waals surface area contributed by atoms with E-state index in [-0.39, 0.29) is 45.3 Å². The molecule has 0 amide bonds. The van der Waals surface area contributed by atoms with Crippen LogP contribution < -0.4 is 70.6 Å². The second kappa shape index (κ2) is 40.1. The minimum absolute atomic E-state index is 0.120. The van der Waals surface area contributed by atoms with Crippen LogP contribution in [0.1, 0.15) is 158 Å². The van der Waals surface area contributed by atoms with Crippen molar-refractivity contribution < 1.29 is 57.1 Å². The zero-order valence-electron chi connectivity index (χ0n) is 81.1. The van der Waals surface area contributed by atoms with Crippen LogP contribution in [0.3, 0.4) is 0 Å². The number of anilines is 8. The number of hydrogen-bond donors (Lipinski definition) is 6. The molecule has 140 heavy (non-hydrogen) atoms. The highest BCUT2D eigenvalue weighted by atomic mass is 16.5. The molecule has 24 nitrogen and oxygen atoms in total. The van der Waals surface area contributed by atoms with E-state index in [4.69, 9.17) is 49.4 Å². The van der Waals surface area contributed by atoms with Gasteiger partial charge in [0.25, 0.3) is 0 Å². The van der Waals surface area contributed by atoms with Crippen LogP contribution in [0, 0.1) is 11.8 Å². The van der Waals surface area contributed by atoms with Crippen molar-refractivity contribution in [2.45, 2.75) is 139 Å². The number of likely N-dealkylation sites (N-methyl/N-ethyl adjacent to an activating group) is 2. The number of benzene rings is 12. The summed E-state index contributed by atoms with van der Waals surface area (Å²) in [5.41, 5.74) is 26.0. The maximum absolute atomic E-state index is 12.8. The summed E-state index contributed by atoms with van der Waals surface area (Å²) < 4.78 is 47.0.